The van der Waals surface area contributed by atoms with Crippen molar-refractivity contribution in [2.24, 2.45) is 10.8 Å². The number of nitro groups is 1. The number of carbonyl (C=O) groups excluding carboxylic acids is 2. The molecule has 1 aliphatic heterocycles. The molecule has 0 unspecified atom stereocenters. The van der Waals surface area contributed by atoms with Crippen molar-refractivity contribution < 1.29 is 19.2 Å². The third-order valence-electron chi connectivity index (χ3n) is 7.98. The molecule has 1 heterocycles. The zero-order valence-electron chi connectivity index (χ0n) is 23.0. The van der Waals surface area contributed by atoms with Crippen LogP contribution in [0.25, 0.3) is 0 Å². The monoisotopic (exact) mass is 548 g/mol. The highest BCUT2D eigenvalue weighted by Gasteiger charge is 2.48. The van der Waals surface area contributed by atoms with E-state index in [1.54, 1.807) is 24.3 Å². The van der Waals surface area contributed by atoms with Crippen LogP contribution < -0.4 is 4.74 Å². The topological polar surface area (TPSA) is 89.8 Å². The first-order valence-corrected chi connectivity index (χ1v) is 13.6. The van der Waals surface area contributed by atoms with Gasteiger partial charge < -0.3 is 9.64 Å². The van der Waals surface area contributed by atoms with E-state index in [0.29, 0.717) is 40.3 Å². The standard InChI is InChI=1S/C31H33ClN2O5/c1-30(2)13-22-28(24(35)15-30)27(29-23(33(22)5)14-31(3,4)16-25(29)36)19-9-10-26(21(32)12-19)39-17-18-7-6-8-20(11-18)34(37)38/h6-12,27H,13-17H2,1-5H3. The molecule has 0 amide bonds. The van der Waals surface area contributed by atoms with Crippen LogP contribution >= 0.6 is 11.6 Å². The average Bonchev–Trinajstić information content (AvgIpc) is 2.83. The molecule has 3 aliphatic rings. The number of nitrogens with zero attached hydrogens (tertiary/aromatic N) is 2. The summed E-state index contributed by atoms with van der Waals surface area (Å²) in [7, 11) is 1.99. The molecule has 0 fully saturated rings. The predicted molar refractivity (Wildman–Crippen MR) is 149 cm³/mol. The lowest BCUT2D eigenvalue weighted by Crippen LogP contribution is -2.43. The number of hydrogen-bond donors (Lipinski definition) is 0. The van der Waals surface area contributed by atoms with Gasteiger partial charge >= 0.3 is 0 Å². The predicted octanol–water partition coefficient (Wildman–Crippen LogP) is 7.14. The van der Waals surface area contributed by atoms with E-state index in [9.17, 15) is 19.7 Å². The largest absolute Gasteiger partial charge is 0.487 e. The normalized spacial score (nSPS) is 20.6. The molecule has 2 aromatic carbocycles. The van der Waals surface area contributed by atoms with Gasteiger partial charge in [0, 0.05) is 60.5 Å². The Kier molecular flexibility index (Phi) is 6.70. The van der Waals surface area contributed by atoms with Crippen molar-refractivity contribution in [2.75, 3.05) is 7.05 Å². The second kappa shape index (κ2) is 9.63. The summed E-state index contributed by atoms with van der Waals surface area (Å²) in [5, 5.41) is 11.4. The summed E-state index contributed by atoms with van der Waals surface area (Å²) in [4.78, 5) is 40.0. The van der Waals surface area contributed by atoms with Crippen molar-refractivity contribution in [2.45, 2.75) is 65.9 Å². The van der Waals surface area contributed by atoms with Crippen molar-refractivity contribution in [3.63, 3.8) is 0 Å². The van der Waals surface area contributed by atoms with Crippen LogP contribution in [0.15, 0.2) is 65.0 Å². The Labute approximate surface area is 233 Å². The van der Waals surface area contributed by atoms with Gasteiger partial charge in [0.05, 0.1) is 9.95 Å². The molecule has 0 bridgehead atoms. The summed E-state index contributed by atoms with van der Waals surface area (Å²) in [5.41, 5.74) is 4.49. The van der Waals surface area contributed by atoms with E-state index in [0.717, 1.165) is 29.8 Å². The Balaban J connectivity index is 1.53. The van der Waals surface area contributed by atoms with Crippen LogP contribution in [0.3, 0.4) is 0 Å². The van der Waals surface area contributed by atoms with Crippen LogP contribution in [0.1, 0.15) is 70.4 Å². The average molecular weight is 549 g/mol. The fourth-order valence-corrected chi connectivity index (χ4v) is 6.48. The Morgan fingerprint density at radius 1 is 0.949 bits per heavy atom. The Hall–Kier alpha value is -3.45. The lowest BCUT2D eigenvalue weighted by molar-refractivity contribution is -0.384. The Bertz CT molecular complexity index is 1420. The number of ether oxygens (including phenoxy) is 1. The minimum atomic E-state index is -0.471. The fourth-order valence-electron chi connectivity index (χ4n) is 6.23. The van der Waals surface area contributed by atoms with E-state index in [2.05, 4.69) is 32.6 Å². The molecule has 0 saturated heterocycles. The number of halogens is 1. The summed E-state index contributed by atoms with van der Waals surface area (Å²) >= 11 is 6.69. The van der Waals surface area contributed by atoms with Crippen LogP contribution in [0.5, 0.6) is 5.75 Å². The van der Waals surface area contributed by atoms with Crippen LogP contribution in [-0.4, -0.2) is 28.4 Å². The fraction of sp³-hybridized carbons (Fsp3) is 0.419. The van der Waals surface area contributed by atoms with Gasteiger partial charge in [0.2, 0.25) is 0 Å². The van der Waals surface area contributed by atoms with E-state index in [4.69, 9.17) is 16.3 Å². The van der Waals surface area contributed by atoms with Crippen molar-refractivity contribution in [3.8, 4) is 5.75 Å². The number of hydrogen-bond acceptors (Lipinski definition) is 6. The van der Waals surface area contributed by atoms with E-state index in [-0.39, 0.29) is 34.7 Å². The molecule has 39 heavy (non-hydrogen) atoms. The number of Topliss-reactive ketones (excluding diaryl/α,β-unsaturated/α-hetero) is 2. The zero-order chi connectivity index (χ0) is 28.3. The molecular formula is C31H33ClN2O5. The molecule has 0 radical (unpaired) electrons. The first-order chi connectivity index (χ1) is 18.3. The Morgan fingerprint density at radius 3 is 2.08 bits per heavy atom. The van der Waals surface area contributed by atoms with Gasteiger partial charge in [0.25, 0.3) is 5.69 Å². The molecule has 204 valence electrons. The molecule has 0 N–H and O–H groups in total. The molecule has 0 atom stereocenters. The molecule has 2 aliphatic carbocycles. The van der Waals surface area contributed by atoms with Gasteiger partial charge in [-0.3, -0.25) is 19.7 Å². The lowest BCUT2D eigenvalue weighted by Gasteiger charge is -2.47. The van der Waals surface area contributed by atoms with E-state index < -0.39 is 10.8 Å². The number of rotatable bonds is 5. The van der Waals surface area contributed by atoms with Gasteiger partial charge in [-0.25, -0.2) is 0 Å². The van der Waals surface area contributed by atoms with Crippen LogP contribution in [-0.2, 0) is 16.2 Å². The first-order valence-electron chi connectivity index (χ1n) is 13.2. The highest BCUT2D eigenvalue weighted by Crippen LogP contribution is 2.54. The van der Waals surface area contributed by atoms with Gasteiger partial charge in [-0.15, -0.1) is 0 Å². The van der Waals surface area contributed by atoms with Gasteiger partial charge in [-0.1, -0.05) is 57.5 Å². The summed E-state index contributed by atoms with van der Waals surface area (Å²) in [6.45, 7) is 8.56. The molecule has 8 heteroatoms. The zero-order valence-corrected chi connectivity index (χ0v) is 23.7. The number of allylic oxidation sites excluding steroid dienone is 4. The second-order valence-corrected chi connectivity index (χ2v) is 12.9. The van der Waals surface area contributed by atoms with Gasteiger partial charge in [-0.05, 0) is 46.9 Å². The number of benzene rings is 2. The number of non-ortho nitro benzene ring substituents is 1. The highest BCUT2D eigenvalue weighted by atomic mass is 35.5. The third-order valence-corrected chi connectivity index (χ3v) is 8.28. The summed E-state index contributed by atoms with van der Waals surface area (Å²) in [6.07, 6.45) is 2.36. The maximum Gasteiger partial charge on any atom is 0.269 e. The quantitative estimate of drug-likeness (QED) is 0.291. The van der Waals surface area contributed by atoms with Crippen molar-refractivity contribution in [3.05, 3.63) is 91.3 Å². The molecule has 0 saturated carbocycles. The molecule has 0 aromatic heterocycles. The summed E-state index contributed by atoms with van der Waals surface area (Å²) < 4.78 is 5.91. The minimum Gasteiger partial charge on any atom is -0.487 e. The van der Waals surface area contributed by atoms with Crippen molar-refractivity contribution in [1.82, 2.24) is 4.90 Å². The van der Waals surface area contributed by atoms with E-state index in [1.807, 2.05) is 13.1 Å². The maximum atomic E-state index is 13.6. The maximum absolute atomic E-state index is 13.6. The van der Waals surface area contributed by atoms with E-state index >= 15 is 0 Å². The Morgan fingerprint density at radius 2 is 1.54 bits per heavy atom. The SMILES string of the molecule is CN1C2=C(C(=O)CC(C)(C)C2)C(c2ccc(OCc3cccc([N+](=O)[O-])c3)c(Cl)c2)C2=C1CC(C)(C)CC2=O. The number of carbonyl (C=O) groups is 2. The summed E-state index contributed by atoms with van der Waals surface area (Å²) in [5.74, 6) is 0.103. The van der Waals surface area contributed by atoms with Crippen molar-refractivity contribution in [1.29, 1.82) is 0 Å². The van der Waals surface area contributed by atoms with Crippen molar-refractivity contribution >= 4 is 28.9 Å². The second-order valence-electron chi connectivity index (χ2n) is 12.5. The van der Waals surface area contributed by atoms with Crippen LogP contribution in [0.2, 0.25) is 5.02 Å². The third kappa shape index (κ3) is 5.12. The first kappa shape index (κ1) is 27.1. The molecule has 5 rings (SSSR count). The molecule has 7 nitrogen and oxygen atoms in total. The molecule has 0 spiro atoms. The smallest absolute Gasteiger partial charge is 0.269 e. The molecular weight excluding hydrogens is 516 g/mol. The summed E-state index contributed by atoms with van der Waals surface area (Å²) in [6, 6.07) is 11.7. The van der Waals surface area contributed by atoms with Crippen LogP contribution in [0, 0.1) is 20.9 Å². The van der Waals surface area contributed by atoms with Gasteiger partial charge in [0.15, 0.2) is 11.6 Å². The van der Waals surface area contributed by atoms with Gasteiger partial charge in [-0.2, -0.15) is 0 Å². The lowest BCUT2D eigenvalue weighted by atomic mass is 9.64. The van der Waals surface area contributed by atoms with Crippen LogP contribution in [0.4, 0.5) is 5.69 Å². The molecule has 2 aromatic rings. The van der Waals surface area contributed by atoms with E-state index in [1.165, 1.54) is 12.1 Å². The number of ketones is 2. The minimum absolute atomic E-state index is 0.00590. The van der Waals surface area contributed by atoms with Gasteiger partial charge in [0.1, 0.15) is 12.4 Å². The number of nitro benzene ring substituents is 1. The highest BCUT2D eigenvalue weighted by molar-refractivity contribution is 6.32.